The average Bonchev–Trinajstić information content (AvgIpc) is 3.30. The van der Waals surface area contributed by atoms with E-state index in [-0.39, 0.29) is 23.6 Å². The highest BCUT2D eigenvalue weighted by molar-refractivity contribution is 7.89. The maximum absolute atomic E-state index is 12.9. The van der Waals surface area contributed by atoms with Crippen LogP contribution >= 0.6 is 0 Å². The molecule has 140 valence electrons. The van der Waals surface area contributed by atoms with E-state index in [1.165, 1.54) is 10.6 Å². The molecule has 0 bridgehead atoms. The number of hydrogen-bond acceptors (Lipinski definition) is 5. The van der Waals surface area contributed by atoms with E-state index in [1.807, 2.05) is 13.8 Å². The number of hydrogen-bond donors (Lipinski definition) is 2. The van der Waals surface area contributed by atoms with Crippen molar-refractivity contribution in [3.63, 3.8) is 0 Å². The first-order valence-corrected chi connectivity index (χ1v) is 10.0. The van der Waals surface area contributed by atoms with Crippen molar-refractivity contribution in [2.24, 2.45) is 5.92 Å². The van der Waals surface area contributed by atoms with Gasteiger partial charge in [-0.25, -0.2) is 13.8 Å². The number of aryl methyl sites for hydroxylation is 1. The minimum Gasteiger partial charge on any atom is -0.459 e. The first-order chi connectivity index (χ1) is 12.4. The number of carbonyl (C=O) groups is 1. The van der Waals surface area contributed by atoms with Crippen LogP contribution in [0, 0.1) is 12.8 Å². The van der Waals surface area contributed by atoms with Crippen LogP contribution in [0.5, 0.6) is 0 Å². The summed E-state index contributed by atoms with van der Waals surface area (Å²) in [5, 5.41) is 0. The summed E-state index contributed by atoms with van der Waals surface area (Å²) in [7, 11) is -3.55. The van der Waals surface area contributed by atoms with Gasteiger partial charge in [-0.15, -0.1) is 0 Å². The van der Waals surface area contributed by atoms with E-state index in [0.29, 0.717) is 18.0 Å². The molecular weight excluding hydrogens is 354 g/mol. The van der Waals surface area contributed by atoms with E-state index in [0.717, 1.165) is 12.0 Å². The first-order valence-electron chi connectivity index (χ1n) is 8.58. The third kappa shape index (κ3) is 3.82. The number of rotatable bonds is 6. The van der Waals surface area contributed by atoms with Crippen LogP contribution in [-0.2, 0) is 10.0 Å². The maximum atomic E-state index is 12.9. The van der Waals surface area contributed by atoms with Gasteiger partial charge in [0.05, 0.1) is 11.2 Å². The fourth-order valence-electron chi connectivity index (χ4n) is 3.09. The van der Waals surface area contributed by atoms with Gasteiger partial charge >= 0.3 is 5.91 Å². The van der Waals surface area contributed by atoms with Crippen molar-refractivity contribution in [2.45, 2.75) is 31.2 Å². The second kappa shape index (κ2) is 7.61. The van der Waals surface area contributed by atoms with Gasteiger partial charge in [-0.05, 0) is 37.1 Å². The topological polar surface area (TPSA) is 91.7 Å². The van der Waals surface area contributed by atoms with E-state index in [2.05, 4.69) is 10.9 Å². The molecule has 0 saturated carbocycles. The monoisotopic (exact) mass is 377 g/mol. The molecule has 1 amide bonds. The van der Waals surface area contributed by atoms with Crippen LogP contribution in [0.15, 0.2) is 52.0 Å². The Hall–Kier alpha value is -2.16. The van der Waals surface area contributed by atoms with Gasteiger partial charge in [0.2, 0.25) is 10.0 Å². The van der Waals surface area contributed by atoms with E-state index >= 15 is 0 Å². The predicted octanol–water partition coefficient (Wildman–Crippen LogP) is 1.92. The van der Waals surface area contributed by atoms with E-state index in [9.17, 15) is 13.2 Å². The summed E-state index contributed by atoms with van der Waals surface area (Å²) < 4.78 is 32.3. The highest BCUT2D eigenvalue weighted by Gasteiger charge is 2.38. The van der Waals surface area contributed by atoms with Crippen molar-refractivity contribution in [1.82, 2.24) is 15.2 Å². The smallest absolute Gasteiger partial charge is 0.301 e. The molecule has 0 radical (unpaired) electrons. The lowest BCUT2D eigenvalue weighted by Crippen LogP contribution is -2.48. The Morgan fingerprint density at radius 1 is 1.23 bits per heavy atom. The van der Waals surface area contributed by atoms with Crippen molar-refractivity contribution < 1.29 is 17.6 Å². The summed E-state index contributed by atoms with van der Waals surface area (Å²) in [6.45, 7) is 4.64. The van der Waals surface area contributed by atoms with Crippen LogP contribution in [0.2, 0.25) is 0 Å². The molecule has 0 spiro atoms. The Bertz CT molecular complexity index is 847. The molecule has 1 aliphatic heterocycles. The molecule has 2 atom stereocenters. The maximum Gasteiger partial charge on any atom is 0.301 e. The Kier molecular flexibility index (Phi) is 5.45. The lowest BCUT2D eigenvalue weighted by atomic mass is 10.0. The zero-order chi connectivity index (χ0) is 18.7. The zero-order valence-corrected chi connectivity index (χ0v) is 15.6. The van der Waals surface area contributed by atoms with Crippen molar-refractivity contribution in [2.75, 3.05) is 13.1 Å². The zero-order valence-electron chi connectivity index (χ0n) is 14.8. The molecule has 26 heavy (non-hydrogen) atoms. The number of carbonyl (C=O) groups excluding carboxylic acids is 1. The number of sulfonamides is 1. The molecule has 7 nitrogen and oxygen atoms in total. The summed E-state index contributed by atoms with van der Waals surface area (Å²) in [6.07, 6.45) is 2.23. The second-order valence-corrected chi connectivity index (χ2v) is 8.42. The number of hydrazine groups is 1. The Morgan fingerprint density at radius 2 is 1.96 bits per heavy atom. The highest BCUT2D eigenvalue weighted by Crippen LogP contribution is 2.26. The van der Waals surface area contributed by atoms with Gasteiger partial charge < -0.3 is 4.42 Å². The van der Waals surface area contributed by atoms with Crippen LogP contribution in [0.25, 0.3) is 0 Å². The summed E-state index contributed by atoms with van der Waals surface area (Å²) in [5.41, 5.74) is 6.59. The molecular formula is C18H23N3O4S. The van der Waals surface area contributed by atoms with Gasteiger partial charge in [0.15, 0.2) is 5.76 Å². The molecule has 1 fully saturated rings. The van der Waals surface area contributed by atoms with Crippen molar-refractivity contribution in [1.29, 1.82) is 0 Å². The van der Waals surface area contributed by atoms with Crippen LogP contribution in [0.1, 0.15) is 29.5 Å². The highest BCUT2D eigenvalue weighted by atomic mass is 32.2. The molecule has 3 rings (SSSR count). The van der Waals surface area contributed by atoms with Gasteiger partial charge in [-0.1, -0.05) is 31.0 Å². The van der Waals surface area contributed by atoms with Gasteiger partial charge in [0, 0.05) is 19.1 Å². The van der Waals surface area contributed by atoms with E-state index in [1.54, 1.807) is 36.4 Å². The van der Waals surface area contributed by atoms with Gasteiger partial charge in [0.25, 0.3) is 0 Å². The van der Waals surface area contributed by atoms with Crippen LogP contribution in [0.3, 0.4) is 0 Å². The lowest BCUT2D eigenvalue weighted by Gasteiger charge is -2.18. The Labute approximate surface area is 153 Å². The Balaban J connectivity index is 1.68. The molecule has 2 aromatic rings. The molecule has 0 unspecified atom stereocenters. The summed E-state index contributed by atoms with van der Waals surface area (Å²) in [6, 6.07) is 9.88. The quantitative estimate of drug-likeness (QED) is 0.751. The largest absolute Gasteiger partial charge is 0.459 e. The number of benzene rings is 1. The molecule has 2 N–H and O–H groups in total. The predicted molar refractivity (Wildman–Crippen MR) is 96.8 cm³/mol. The number of furan rings is 1. The second-order valence-electron chi connectivity index (χ2n) is 6.49. The summed E-state index contributed by atoms with van der Waals surface area (Å²) in [5.74, 6) is -0.0792. The fraction of sp³-hybridized carbons (Fsp3) is 0.389. The molecule has 1 aromatic carbocycles. The molecule has 1 aromatic heterocycles. The summed E-state index contributed by atoms with van der Waals surface area (Å²) in [4.78, 5) is 12.3. The third-order valence-electron chi connectivity index (χ3n) is 4.71. The first kappa shape index (κ1) is 18.6. The average molecular weight is 377 g/mol. The SMILES string of the molecule is CC[C@@H]1CN(S(=O)(=O)c2ccc(C)cc2)C[C@@H]1NNC(=O)c1ccco1. The van der Waals surface area contributed by atoms with Crippen molar-refractivity contribution >= 4 is 15.9 Å². The van der Waals surface area contributed by atoms with Gasteiger partial charge in [-0.3, -0.25) is 10.2 Å². The number of amides is 1. The molecule has 1 aliphatic rings. The third-order valence-corrected chi connectivity index (χ3v) is 6.55. The van der Waals surface area contributed by atoms with E-state index < -0.39 is 10.0 Å². The summed E-state index contributed by atoms with van der Waals surface area (Å²) >= 11 is 0. The van der Waals surface area contributed by atoms with Crippen molar-refractivity contribution in [3.05, 3.63) is 54.0 Å². The molecule has 1 saturated heterocycles. The Morgan fingerprint density at radius 3 is 2.58 bits per heavy atom. The van der Waals surface area contributed by atoms with Gasteiger partial charge in [-0.2, -0.15) is 4.31 Å². The van der Waals surface area contributed by atoms with Gasteiger partial charge in [0.1, 0.15) is 0 Å². The van der Waals surface area contributed by atoms with Crippen LogP contribution in [0.4, 0.5) is 0 Å². The van der Waals surface area contributed by atoms with Crippen LogP contribution < -0.4 is 10.9 Å². The minimum atomic E-state index is -3.55. The number of nitrogens with one attached hydrogen (secondary N) is 2. The van der Waals surface area contributed by atoms with E-state index in [4.69, 9.17) is 4.42 Å². The molecule has 2 heterocycles. The fourth-order valence-corrected chi connectivity index (χ4v) is 4.61. The molecule has 0 aliphatic carbocycles. The van der Waals surface area contributed by atoms with Crippen molar-refractivity contribution in [3.8, 4) is 0 Å². The minimum absolute atomic E-state index is 0.104. The van der Waals surface area contributed by atoms with Crippen LogP contribution in [-0.4, -0.2) is 37.8 Å². The number of nitrogens with zero attached hydrogens (tertiary/aromatic N) is 1. The normalized spacial score (nSPS) is 21.0. The lowest BCUT2D eigenvalue weighted by molar-refractivity contribution is 0.0893. The standard InChI is InChI=1S/C18H23N3O4S/c1-3-14-11-21(26(23,24)15-8-6-13(2)7-9-15)12-16(14)19-20-18(22)17-5-4-10-25-17/h4-10,14,16,19H,3,11-12H2,1-2H3,(H,20,22)/t14-,16+/m1/s1. The molecule has 8 heteroatoms.